The van der Waals surface area contributed by atoms with Crippen molar-refractivity contribution in [3.8, 4) is 0 Å². The molecule has 0 bridgehead atoms. The van der Waals surface area contributed by atoms with E-state index < -0.39 is 0 Å². The third-order valence-electron chi connectivity index (χ3n) is 4.18. The van der Waals surface area contributed by atoms with Crippen LogP contribution in [0.25, 0.3) is 0 Å². The highest BCUT2D eigenvalue weighted by atomic mass is 15.0. The van der Waals surface area contributed by atoms with Crippen LogP contribution in [-0.4, -0.2) is 12.6 Å². The summed E-state index contributed by atoms with van der Waals surface area (Å²) in [4.78, 5) is 0. The zero-order chi connectivity index (χ0) is 12.5. The molecular formula is C16H33N. The first-order valence-corrected chi connectivity index (χ1v) is 8.01. The third kappa shape index (κ3) is 7.08. The maximum Gasteiger partial charge on any atom is 0.00991 e. The van der Waals surface area contributed by atoms with Crippen molar-refractivity contribution in [2.45, 2.75) is 84.6 Å². The van der Waals surface area contributed by atoms with Gasteiger partial charge in [0.1, 0.15) is 0 Å². The van der Waals surface area contributed by atoms with E-state index in [4.69, 9.17) is 0 Å². The van der Waals surface area contributed by atoms with Crippen molar-refractivity contribution in [2.75, 3.05) is 6.54 Å². The standard InChI is InChI=1S/C16H33N/c1-4-6-9-14(3)10-8-12-17-16-13-15(16)11-7-5-2/h14-17H,4-13H2,1-3H3. The Bertz CT molecular complexity index is 178. The molecule has 1 rings (SSSR count). The van der Waals surface area contributed by atoms with Gasteiger partial charge in [-0.15, -0.1) is 0 Å². The molecule has 0 saturated heterocycles. The zero-order valence-corrected chi connectivity index (χ0v) is 12.3. The molecule has 102 valence electrons. The van der Waals surface area contributed by atoms with E-state index in [1.807, 2.05) is 0 Å². The van der Waals surface area contributed by atoms with Crippen molar-refractivity contribution in [1.82, 2.24) is 5.32 Å². The average Bonchev–Trinajstić information content (AvgIpc) is 3.08. The molecule has 1 aliphatic carbocycles. The molecule has 3 atom stereocenters. The lowest BCUT2D eigenvalue weighted by atomic mass is 9.99. The molecule has 1 N–H and O–H groups in total. The van der Waals surface area contributed by atoms with Gasteiger partial charge in [-0.05, 0) is 44.1 Å². The lowest BCUT2D eigenvalue weighted by Gasteiger charge is -2.10. The Kier molecular flexibility index (Phi) is 7.92. The largest absolute Gasteiger partial charge is 0.314 e. The molecular weight excluding hydrogens is 206 g/mol. The maximum absolute atomic E-state index is 3.73. The second kappa shape index (κ2) is 8.97. The molecule has 1 saturated carbocycles. The van der Waals surface area contributed by atoms with Gasteiger partial charge in [-0.2, -0.15) is 0 Å². The Morgan fingerprint density at radius 3 is 2.47 bits per heavy atom. The fraction of sp³-hybridized carbons (Fsp3) is 1.00. The van der Waals surface area contributed by atoms with Crippen molar-refractivity contribution in [2.24, 2.45) is 11.8 Å². The average molecular weight is 239 g/mol. The van der Waals surface area contributed by atoms with Crippen LogP contribution in [0.2, 0.25) is 0 Å². The molecule has 1 nitrogen and oxygen atoms in total. The normalized spacial score (nSPS) is 24.9. The summed E-state index contributed by atoms with van der Waals surface area (Å²) in [5.74, 6) is 1.96. The molecule has 0 aromatic heterocycles. The van der Waals surface area contributed by atoms with Crippen LogP contribution in [0, 0.1) is 11.8 Å². The van der Waals surface area contributed by atoms with Crippen molar-refractivity contribution >= 4 is 0 Å². The van der Waals surface area contributed by atoms with Crippen LogP contribution in [0.3, 0.4) is 0 Å². The molecule has 0 heterocycles. The van der Waals surface area contributed by atoms with E-state index in [0.29, 0.717) is 0 Å². The van der Waals surface area contributed by atoms with Gasteiger partial charge in [0.2, 0.25) is 0 Å². The predicted molar refractivity (Wildman–Crippen MR) is 77.3 cm³/mol. The minimum atomic E-state index is 0.882. The third-order valence-corrected chi connectivity index (χ3v) is 4.18. The minimum absolute atomic E-state index is 0.882. The molecule has 0 spiro atoms. The predicted octanol–water partition coefficient (Wildman–Crippen LogP) is 4.76. The van der Waals surface area contributed by atoms with Crippen molar-refractivity contribution < 1.29 is 0 Å². The Hall–Kier alpha value is -0.0400. The van der Waals surface area contributed by atoms with E-state index in [-0.39, 0.29) is 0 Å². The van der Waals surface area contributed by atoms with Gasteiger partial charge in [0, 0.05) is 6.04 Å². The molecule has 0 aromatic rings. The Morgan fingerprint density at radius 1 is 1.06 bits per heavy atom. The highest BCUT2D eigenvalue weighted by Crippen LogP contribution is 2.34. The van der Waals surface area contributed by atoms with Gasteiger partial charge in [-0.1, -0.05) is 52.9 Å². The van der Waals surface area contributed by atoms with Gasteiger partial charge in [-0.3, -0.25) is 0 Å². The van der Waals surface area contributed by atoms with Gasteiger partial charge < -0.3 is 5.32 Å². The smallest absolute Gasteiger partial charge is 0.00991 e. The summed E-state index contributed by atoms with van der Waals surface area (Å²) in [5, 5.41) is 3.73. The quantitative estimate of drug-likeness (QED) is 0.513. The van der Waals surface area contributed by atoms with Crippen LogP contribution in [0.5, 0.6) is 0 Å². The minimum Gasteiger partial charge on any atom is -0.314 e. The van der Waals surface area contributed by atoms with Crippen LogP contribution >= 0.6 is 0 Å². The topological polar surface area (TPSA) is 12.0 Å². The van der Waals surface area contributed by atoms with Crippen molar-refractivity contribution in [3.63, 3.8) is 0 Å². The Labute approximate surface area is 109 Å². The lowest BCUT2D eigenvalue weighted by Crippen LogP contribution is -2.20. The van der Waals surface area contributed by atoms with Crippen molar-refractivity contribution in [1.29, 1.82) is 0 Å². The summed E-state index contributed by atoms with van der Waals surface area (Å²) < 4.78 is 0. The highest BCUT2D eigenvalue weighted by Gasteiger charge is 2.35. The molecule has 0 aromatic carbocycles. The van der Waals surface area contributed by atoms with Crippen LogP contribution in [0.1, 0.15) is 78.6 Å². The van der Waals surface area contributed by atoms with E-state index in [1.165, 1.54) is 64.3 Å². The van der Waals surface area contributed by atoms with Crippen LogP contribution in [-0.2, 0) is 0 Å². The fourth-order valence-corrected chi connectivity index (χ4v) is 2.72. The Morgan fingerprint density at radius 2 is 1.76 bits per heavy atom. The maximum atomic E-state index is 3.73. The summed E-state index contributed by atoms with van der Waals surface area (Å²) in [6, 6.07) is 0.882. The molecule has 0 aliphatic heterocycles. The van der Waals surface area contributed by atoms with Crippen molar-refractivity contribution in [3.05, 3.63) is 0 Å². The molecule has 1 heteroatoms. The summed E-state index contributed by atoms with van der Waals surface area (Å²) in [6.45, 7) is 8.25. The van der Waals surface area contributed by atoms with Gasteiger partial charge in [0.05, 0.1) is 0 Å². The number of unbranched alkanes of at least 4 members (excludes halogenated alkanes) is 2. The second-order valence-corrected chi connectivity index (χ2v) is 6.09. The number of rotatable bonds is 11. The number of nitrogens with one attached hydrogen (secondary N) is 1. The van der Waals surface area contributed by atoms with E-state index in [9.17, 15) is 0 Å². The number of hydrogen-bond acceptors (Lipinski definition) is 1. The Balaban J connectivity index is 1.85. The SMILES string of the molecule is CCCCC(C)CCCNC1CC1CCCC. The first-order chi connectivity index (χ1) is 8.27. The zero-order valence-electron chi connectivity index (χ0n) is 12.3. The summed E-state index contributed by atoms with van der Waals surface area (Å²) >= 11 is 0. The molecule has 0 radical (unpaired) electrons. The van der Waals surface area contributed by atoms with E-state index in [0.717, 1.165) is 17.9 Å². The first-order valence-electron chi connectivity index (χ1n) is 8.01. The summed E-state index contributed by atoms with van der Waals surface area (Å²) in [7, 11) is 0. The van der Waals surface area contributed by atoms with E-state index in [2.05, 4.69) is 26.1 Å². The van der Waals surface area contributed by atoms with Gasteiger partial charge in [-0.25, -0.2) is 0 Å². The highest BCUT2D eigenvalue weighted by molar-refractivity contribution is 4.92. The van der Waals surface area contributed by atoms with Gasteiger partial charge >= 0.3 is 0 Å². The van der Waals surface area contributed by atoms with Gasteiger partial charge in [0.25, 0.3) is 0 Å². The summed E-state index contributed by atoms with van der Waals surface area (Å²) in [5.41, 5.74) is 0. The number of hydrogen-bond donors (Lipinski definition) is 1. The van der Waals surface area contributed by atoms with E-state index in [1.54, 1.807) is 0 Å². The van der Waals surface area contributed by atoms with Gasteiger partial charge in [0.15, 0.2) is 0 Å². The summed E-state index contributed by atoms with van der Waals surface area (Å²) in [6.07, 6.45) is 12.7. The molecule has 3 unspecified atom stereocenters. The molecule has 0 amide bonds. The molecule has 1 aliphatic rings. The second-order valence-electron chi connectivity index (χ2n) is 6.09. The monoisotopic (exact) mass is 239 g/mol. The first kappa shape index (κ1) is 15.0. The van der Waals surface area contributed by atoms with Crippen LogP contribution < -0.4 is 5.32 Å². The van der Waals surface area contributed by atoms with Crippen LogP contribution in [0.4, 0.5) is 0 Å². The van der Waals surface area contributed by atoms with Crippen LogP contribution in [0.15, 0.2) is 0 Å². The fourth-order valence-electron chi connectivity index (χ4n) is 2.72. The van der Waals surface area contributed by atoms with E-state index >= 15 is 0 Å². The lowest BCUT2D eigenvalue weighted by molar-refractivity contribution is 0.444. The molecule has 1 fully saturated rings. The molecule has 17 heavy (non-hydrogen) atoms.